The van der Waals surface area contributed by atoms with Gasteiger partial charge in [-0.15, -0.1) is 0 Å². The average Bonchev–Trinajstić information content (AvgIpc) is 2.77. The predicted octanol–water partition coefficient (Wildman–Crippen LogP) is 6.51. The number of halogens is 1. The predicted molar refractivity (Wildman–Crippen MR) is 128 cm³/mol. The fourth-order valence-corrected chi connectivity index (χ4v) is 12.5. The van der Waals surface area contributed by atoms with Crippen LogP contribution in [0.15, 0.2) is 120 Å². The molecule has 140 valence electrons. The molecule has 0 unspecified atom stereocenters. The zero-order valence-corrected chi connectivity index (χ0v) is 18.2. The Bertz CT molecular complexity index is 949. The van der Waals surface area contributed by atoms with E-state index in [0.717, 1.165) is 5.02 Å². The van der Waals surface area contributed by atoms with Crippen molar-refractivity contribution in [2.45, 2.75) is 4.90 Å². The minimum absolute atomic E-state index is 0.764. The molecule has 0 N–H and O–H groups in total. The minimum atomic E-state index is -2.82. The van der Waals surface area contributed by atoms with E-state index in [2.05, 4.69) is 110 Å². The number of hydrogen-bond donors (Lipinski definition) is 0. The van der Waals surface area contributed by atoms with Gasteiger partial charge in [-0.25, -0.2) is 0 Å². The fraction of sp³-hybridized carbons (Fsp3) is 0.0400. The van der Waals surface area contributed by atoms with Crippen LogP contribution in [0.5, 0.6) is 0 Å². The van der Waals surface area contributed by atoms with Crippen LogP contribution < -0.4 is 15.9 Å². The van der Waals surface area contributed by atoms with Crippen molar-refractivity contribution in [1.82, 2.24) is 0 Å². The third kappa shape index (κ3) is 3.29. The van der Waals surface area contributed by atoms with Crippen LogP contribution >= 0.6 is 28.8 Å². The van der Waals surface area contributed by atoms with E-state index >= 15 is 0 Å². The maximum absolute atomic E-state index is 6.17. The van der Waals surface area contributed by atoms with Crippen molar-refractivity contribution in [3.05, 3.63) is 120 Å². The molecule has 0 nitrogen and oxygen atoms in total. The summed E-state index contributed by atoms with van der Waals surface area (Å²) in [6.07, 6.45) is 0. The van der Waals surface area contributed by atoms with E-state index in [0.29, 0.717) is 0 Å². The van der Waals surface area contributed by atoms with E-state index in [1.54, 1.807) is 0 Å². The Kier molecular flexibility index (Phi) is 5.34. The van der Waals surface area contributed by atoms with Gasteiger partial charge in [0.2, 0.25) is 0 Å². The average molecular weight is 421 g/mol. The van der Waals surface area contributed by atoms with Crippen LogP contribution in [0.3, 0.4) is 0 Å². The first-order valence-electron chi connectivity index (χ1n) is 9.25. The molecule has 0 spiro atoms. The summed E-state index contributed by atoms with van der Waals surface area (Å²) in [4.78, 5) is 1.22. The van der Waals surface area contributed by atoms with Gasteiger partial charge >= 0.3 is 177 Å². The van der Waals surface area contributed by atoms with Crippen LogP contribution in [0.1, 0.15) is 0 Å². The van der Waals surface area contributed by atoms with Crippen molar-refractivity contribution in [3.63, 3.8) is 0 Å². The third-order valence-electron chi connectivity index (χ3n) is 5.28. The van der Waals surface area contributed by atoms with Crippen LogP contribution in [-0.2, 0) is 0 Å². The van der Waals surface area contributed by atoms with Gasteiger partial charge in [0.05, 0.1) is 0 Å². The molecule has 0 aliphatic rings. The second kappa shape index (κ2) is 7.76. The Balaban J connectivity index is 2.07. The van der Waals surface area contributed by atoms with Crippen molar-refractivity contribution < 1.29 is 0 Å². The molecular formula is C25H22ClPS. The topological polar surface area (TPSA) is 0 Å². The van der Waals surface area contributed by atoms with Crippen LogP contribution in [0.4, 0.5) is 0 Å². The van der Waals surface area contributed by atoms with Gasteiger partial charge < -0.3 is 0 Å². The van der Waals surface area contributed by atoms with Gasteiger partial charge in [-0.1, -0.05) is 0 Å². The first-order valence-corrected chi connectivity index (χ1v) is 13.7. The molecule has 28 heavy (non-hydrogen) atoms. The molecule has 0 saturated heterocycles. The van der Waals surface area contributed by atoms with Crippen molar-refractivity contribution in [3.8, 4) is 0 Å². The van der Waals surface area contributed by atoms with Gasteiger partial charge in [-0.05, 0) is 0 Å². The van der Waals surface area contributed by atoms with Gasteiger partial charge in [0.15, 0.2) is 0 Å². The quantitative estimate of drug-likeness (QED) is 0.332. The van der Waals surface area contributed by atoms with Crippen molar-refractivity contribution >= 4 is 44.7 Å². The second-order valence-corrected chi connectivity index (χ2v) is 15.9. The Labute approximate surface area is 176 Å². The van der Waals surface area contributed by atoms with E-state index in [1.165, 1.54) is 20.8 Å². The summed E-state index contributed by atoms with van der Waals surface area (Å²) in [7, 11) is 0. The molecule has 0 heterocycles. The standard InChI is InChI=1S/C25H22ClPS/c1-27(22-11-5-2-6-12-22,23-13-7-3-8-14-23,24-15-9-4-10-16-24)28-25-19-17-21(26)18-20-25/h2-20H,1H3. The molecule has 0 saturated carbocycles. The molecular weight excluding hydrogens is 399 g/mol. The normalized spacial score (nSPS) is 12.9. The third-order valence-corrected chi connectivity index (χ3v) is 15.0. The molecule has 0 aliphatic carbocycles. The van der Waals surface area contributed by atoms with E-state index in [4.69, 9.17) is 11.6 Å². The Morgan fingerprint density at radius 3 is 1.25 bits per heavy atom. The van der Waals surface area contributed by atoms with E-state index in [9.17, 15) is 0 Å². The molecule has 0 fully saturated rings. The zero-order valence-electron chi connectivity index (χ0n) is 15.7. The molecule has 0 radical (unpaired) electrons. The van der Waals surface area contributed by atoms with Crippen molar-refractivity contribution in [1.29, 1.82) is 0 Å². The van der Waals surface area contributed by atoms with Crippen LogP contribution in [0, 0.1) is 0 Å². The molecule has 4 aromatic rings. The summed E-state index contributed by atoms with van der Waals surface area (Å²) in [5.74, 6) is -2.82. The monoisotopic (exact) mass is 420 g/mol. The van der Waals surface area contributed by atoms with Crippen LogP contribution in [0.2, 0.25) is 5.02 Å². The van der Waals surface area contributed by atoms with E-state index in [-0.39, 0.29) is 0 Å². The summed E-state index contributed by atoms with van der Waals surface area (Å²) in [6.45, 7) is 2.46. The van der Waals surface area contributed by atoms with Gasteiger partial charge in [-0.2, -0.15) is 0 Å². The first kappa shape index (κ1) is 19.3. The van der Waals surface area contributed by atoms with Gasteiger partial charge in [0, 0.05) is 0 Å². The molecule has 0 aliphatic heterocycles. The Morgan fingerprint density at radius 2 is 0.893 bits per heavy atom. The molecule has 0 amide bonds. The maximum atomic E-state index is 6.17. The van der Waals surface area contributed by atoms with Crippen LogP contribution in [0.25, 0.3) is 0 Å². The molecule has 0 bridgehead atoms. The molecule has 3 heteroatoms. The van der Waals surface area contributed by atoms with Gasteiger partial charge in [0.25, 0.3) is 0 Å². The second-order valence-electron chi connectivity index (χ2n) is 7.01. The van der Waals surface area contributed by atoms with Crippen molar-refractivity contribution in [2.24, 2.45) is 0 Å². The summed E-state index contributed by atoms with van der Waals surface area (Å²) < 4.78 is 0. The van der Waals surface area contributed by atoms with Crippen LogP contribution in [-0.4, -0.2) is 6.66 Å². The first-order chi connectivity index (χ1) is 13.6. The Hall–Kier alpha value is -2.05. The molecule has 4 rings (SSSR count). The van der Waals surface area contributed by atoms with Gasteiger partial charge in [0.1, 0.15) is 0 Å². The number of hydrogen-bond acceptors (Lipinski definition) is 1. The summed E-state index contributed by atoms with van der Waals surface area (Å²) >= 11 is 8.15. The van der Waals surface area contributed by atoms with E-state index < -0.39 is 5.81 Å². The number of benzene rings is 4. The SMILES string of the molecule is CP(Sc1ccc(Cl)cc1)(c1ccccc1)(c1ccccc1)c1ccccc1. The molecule has 0 atom stereocenters. The fourth-order valence-electron chi connectivity index (χ4n) is 3.73. The van der Waals surface area contributed by atoms with Gasteiger partial charge in [-0.3, -0.25) is 0 Å². The Morgan fingerprint density at radius 1 is 0.536 bits per heavy atom. The van der Waals surface area contributed by atoms with E-state index in [1.807, 2.05) is 23.5 Å². The number of rotatable bonds is 5. The summed E-state index contributed by atoms with van der Waals surface area (Å²) in [5, 5.41) is 4.86. The summed E-state index contributed by atoms with van der Waals surface area (Å²) in [6, 6.07) is 41.0. The molecule has 4 aromatic carbocycles. The molecule has 0 aromatic heterocycles. The van der Waals surface area contributed by atoms with Crippen molar-refractivity contribution in [2.75, 3.05) is 6.66 Å². The zero-order chi connectivity index (χ0) is 19.5. The summed E-state index contributed by atoms with van der Waals surface area (Å²) in [5.41, 5.74) is 0.